The maximum absolute atomic E-state index is 11.2. The lowest BCUT2D eigenvalue weighted by atomic mass is 9.89. The second-order valence-electron chi connectivity index (χ2n) is 4.65. The molecule has 1 fully saturated rings. The van der Waals surface area contributed by atoms with Crippen molar-refractivity contribution in [2.24, 2.45) is 0 Å². The van der Waals surface area contributed by atoms with Crippen LogP contribution in [0, 0.1) is 0 Å². The highest BCUT2D eigenvalue weighted by Crippen LogP contribution is 2.39. The lowest BCUT2D eigenvalue weighted by Crippen LogP contribution is -2.28. The zero-order valence-corrected chi connectivity index (χ0v) is 11.2. The van der Waals surface area contributed by atoms with Gasteiger partial charge in [0.2, 0.25) is 0 Å². The molecule has 1 aromatic rings. The van der Waals surface area contributed by atoms with Crippen LogP contribution in [0.4, 0.5) is 0 Å². The van der Waals surface area contributed by atoms with E-state index in [2.05, 4.69) is 5.32 Å². The Labute approximate surface area is 112 Å². The van der Waals surface area contributed by atoms with Crippen molar-refractivity contribution in [1.82, 2.24) is 5.32 Å². The minimum atomic E-state index is -0.953. The lowest BCUT2D eigenvalue weighted by Gasteiger charge is -2.25. The van der Waals surface area contributed by atoms with E-state index in [9.17, 15) is 9.90 Å². The fraction of sp³-hybridized carbons (Fsp3) is 0.500. The topological polar surface area (TPSA) is 67.8 Å². The average Bonchev–Trinajstić information content (AvgIpc) is 2.46. The molecule has 5 heteroatoms. The third-order valence-corrected chi connectivity index (χ3v) is 3.49. The van der Waals surface area contributed by atoms with Crippen LogP contribution in [0.3, 0.4) is 0 Å². The van der Waals surface area contributed by atoms with Crippen LogP contribution in [0.15, 0.2) is 12.1 Å². The molecule has 1 heterocycles. The van der Waals surface area contributed by atoms with Crippen LogP contribution >= 0.6 is 0 Å². The van der Waals surface area contributed by atoms with Crippen molar-refractivity contribution in [2.75, 3.05) is 27.3 Å². The molecule has 2 rings (SSSR count). The molecule has 1 aliphatic heterocycles. The maximum atomic E-state index is 11.2. The van der Waals surface area contributed by atoms with Gasteiger partial charge in [0, 0.05) is 18.0 Å². The Morgan fingerprint density at radius 3 is 2.68 bits per heavy atom. The minimum Gasteiger partial charge on any atom is -0.493 e. The number of nitrogens with one attached hydrogen (secondary N) is 1. The molecule has 104 valence electrons. The smallest absolute Gasteiger partial charge is 0.335 e. The Morgan fingerprint density at radius 1 is 1.37 bits per heavy atom. The van der Waals surface area contributed by atoms with Crippen LogP contribution in [0.5, 0.6) is 11.5 Å². The molecule has 5 nitrogen and oxygen atoms in total. The molecule has 1 atom stereocenters. The molecule has 0 radical (unpaired) electrons. The number of carbonyl (C=O) groups is 1. The summed E-state index contributed by atoms with van der Waals surface area (Å²) in [4.78, 5) is 11.2. The molecule has 0 amide bonds. The first-order valence-corrected chi connectivity index (χ1v) is 6.37. The van der Waals surface area contributed by atoms with E-state index in [4.69, 9.17) is 9.47 Å². The number of methoxy groups -OCH3 is 2. The number of hydrogen-bond acceptors (Lipinski definition) is 4. The number of aromatic carboxylic acids is 1. The third-order valence-electron chi connectivity index (χ3n) is 3.49. The van der Waals surface area contributed by atoms with Crippen LogP contribution in [0.25, 0.3) is 0 Å². The van der Waals surface area contributed by atoms with Gasteiger partial charge in [0.25, 0.3) is 0 Å². The number of carboxylic acids is 1. The number of piperidine rings is 1. The van der Waals surface area contributed by atoms with E-state index in [1.807, 2.05) is 0 Å². The monoisotopic (exact) mass is 265 g/mol. The summed E-state index contributed by atoms with van der Waals surface area (Å²) in [5, 5.41) is 12.5. The molecule has 2 N–H and O–H groups in total. The predicted molar refractivity (Wildman–Crippen MR) is 71.4 cm³/mol. The SMILES string of the molecule is COc1cc(C(=O)O)cc(C2CCCNC2)c1OC. The summed E-state index contributed by atoms with van der Waals surface area (Å²) in [6.07, 6.45) is 2.10. The molecule has 0 spiro atoms. The van der Waals surface area contributed by atoms with Crippen molar-refractivity contribution in [1.29, 1.82) is 0 Å². The van der Waals surface area contributed by atoms with Crippen molar-refractivity contribution in [3.63, 3.8) is 0 Å². The number of hydrogen-bond donors (Lipinski definition) is 2. The number of rotatable bonds is 4. The van der Waals surface area contributed by atoms with Crippen molar-refractivity contribution >= 4 is 5.97 Å². The van der Waals surface area contributed by atoms with Crippen LogP contribution in [0.2, 0.25) is 0 Å². The summed E-state index contributed by atoms with van der Waals surface area (Å²) >= 11 is 0. The molecular formula is C14H19NO4. The van der Waals surface area contributed by atoms with E-state index in [0.29, 0.717) is 11.5 Å². The zero-order valence-electron chi connectivity index (χ0n) is 11.2. The van der Waals surface area contributed by atoms with Gasteiger partial charge < -0.3 is 19.9 Å². The summed E-state index contributed by atoms with van der Waals surface area (Å²) in [5.41, 5.74) is 1.14. The van der Waals surface area contributed by atoms with Crippen molar-refractivity contribution < 1.29 is 19.4 Å². The molecular weight excluding hydrogens is 246 g/mol. The van der Waals surface area contributed by atoms with Gasteiger partial charge in [-0.15, -0.1) is 0 Å². The Bertz CT molecular complexity index is 467. The highest BCUT2D eigenvalue weighted by atomic mass is 16.5. The van der Waals surface area contributed by atoms with Crippen LogP contribution in [-0.4, -0.2) is 38.4 Å². The predicted octanol–water partition coefficient (Wildman–Crippen LogP) is 1.87. The Hall–Kier alpha value is -1.75. The third kappa shape index (κ3) is 2.81. The molecule has 0 aromatic heterocycles. The average molecular weight is 265 g/mol. The highest BCUT2D eigenvalue weighted by Gasteiger charge is 2.23. The standard InChI is InChI=1S/C14H19NO4/c1-18-12-7-10(14(16)17)6-11(13(12)19-2)9-4-3-5-15-8-9/h6-7,9,15H,3-5,8H2,1-2H3,(H,16,17). The number of ether oxygens (including phenoxy) is 2. The summed E-state index contributed by atoms with van der Waals surface area (Å²) in [6.45, 7) is 1.84. The van der Waals surface area contributed by atoms with E-state index < -0.39 is 5.97 Å². The second-order valence-corrected chi connectivity index (χ2v) is 4.65. The number of carboxylic acid groups (broad SMARTS) is 1. The number of benzene rings is 1. The molecule has 1 unspecified atom stereocenters. The minimum absolute atomic E-state index is 0.234. The highest BCUT2D eigenvalue weighted by molar-refractivity contribution is 5.89. The molecule has 0 bridgehead atoms. The zero-order chi connectivity index (χ0) is 13.8. The first-order valence-electron chi connectivity index (χ1n) is 6.37. The van der Waals surface area contributed by atoms with E-state index in [1.54, 1.807) is 13.2 Å². The van der Waals surface area contributed by atoms with Crippen LogP contribution in [0.1, 0.15) is 34.7 Å². The van der Waals surface area contributed by atoms with Gasteiger partial charge in [-0.1, -0.05) is 0 Å². The summed E-state index contributed by atoms with van der Waals surface area (Å²) in [7, 11) is 3.10. The lowest BCUT2D eigenvalue weighted by molar-refractivity contribution is 0.0696. The molecule has 19 heavy (non-hydrogen) atoms. The molecule has 1 aromatic carbocycles. The Kier molecular flexibility index (Phi) is 4.27. The van der Waals surface area contributed by atoms with Gasteiger partial charge in [0.15, 0.2) is 11.5 Å². The van der Waals surface area contributed by atoms with Crippen molar-refractivity contribution in [3.05, 3.63) is 23.3 Å². The molecule has 1 saturated heterocycles. The van der Waals surface area contributed by atoms with Gasteiger partial charge >= 0.3 is 5.97 Å². The first-order chi connectivity index (χ1) is 9.17. The van der Waals surface area contributed by atoms with E-state index >= 15 is 0 Å². The summed E-state index contributed by atoms with van der Waals surface area (Å²) in [6, 6.07) is 3.20. The van der Waals surface area contributed by atoms with E-state index in [1.165, 1.54) is 13.2 Å². The van der Waals surface area contributed by atoms with Crippen LogP contribution < -0.4 is 14.8 Å². The summed E-state index contributed by atoms with van der Waals surface area (Å²) < 4.78 is 10.7. The summed E-state index contributed by atoms with van der Waals surface area (Å²) in [5.74, 6) is 0.423. The normalized spacial score (nSPS) is 18.9. The van der Waals surface area contributed by atoms with Gasteiger partial charge in [-0.05, 0) is 31.5 Å². The second kappa shape index (κ2) is 5.93. The Morgan fingerprint density at radius 2 is 2.16 bits per heavy atom. The molecule has 1 aliphatic rings. The fourth-order valence-corrected chi connectivity index (χ4v) is 2.54. The van der Waals surface area contributed by atoms with E-state index in [0.717, 1.165) is 31.5 Å². The molecule has 0 aliphatic carbocycles. The fourth-order valence-electron chi connectivity index (χ4n) is 2.54. The van der Waals surface area contributed by atoms with Gasteiger partial charge in [0.1, 0.15) is 0 Å². The molecule has 0 saturated carbocycles. The van der Waals surface area contributed by atoms with Gasteiger partial charge in [-0.3, -0.25) is 0 Å². The quantitative estimate of drug-likeness (QED) is 0.870. The maximum Gasteiger partial charge on any atom is 0.335 e. The van der Waals surface area contributed by atoms with Gasteiger partial charge in [-0.2, -0.15) is 0 Å². The van der Waals surface area contributed by atoms with E-state index in [-0.39, 0.29) is 11.5 Å². The first kappa shape index (κ1) is 13.7. The largest absolute Gasteiger partial charge is 0.493 e. The van der Waals surface area contributed by atoms with Gasteiger partial charge in [-0.25, -0.2) is 4.79 Å². The van der Waals surface area contributed by atoms with Gasteiger partial charge in [0.05, 0.1) is 19.8 Å². The van der Waals surface area contributed by atoms with Crippen LogP contribution in [-0.2, 0) is 0 Å². The van der Waals surface area contributed by atoms with Crippen molar-refractivity contribution in [3.8, 4) is 11.5 Å². The Balaban J connectivity index is 2.48. The van der Waals surface area contributed by atoms with Crippen molar-refractivity contribution in [2.45, 2.75) is 18.8 Å².